The van der Waals surface area contributed by atoms with E-state index < -0.39 is 11.5 Å². The number of hydrogen-bond acceptors (Lipinski definition) is 3. The SMILES string of the molecule is COc1ccc(C(C)(Nc2ccc(F)cc2)C(=O)O)cc1. The molecule has 0 aliphatic carbocycles. The van der Waals surface area contributed by atoms with Crippen molar-refractivity contribution in [2.24, 2.45) is 0 Å². The van der Waals surface area contributed by atoms with Gasteiger partial charge in [0.25, 0.3) is 0 Å². The van der Waals surface area contributed by atoms with Gasteiger partial charge in [-0.1, -0.05) is 12.1 Å². The number of anilines is 1. The molecule has 2 N–H and O–H groups in total. The second-order valence-corrected chi connectivity index (χ2v) is 4.79. The Morgan fingerprint density at radius 3 is 2.19 bits per heavy atom. The lowest BCUT2D eigenvalue weighted by atomic mass is 9.91. The van der Waals surface area contributed by atoms with Crippen LogP contribution in [0.5, 0.6) is 5.75 Å². The number of rotatable bonds is 5. The number of halogens is 1. The number of ether oxygens (including phenoxy) is 1. The predicted molar refractivity (Wildman–Crippen MR) is 78.0 cm³/mol. The number of methoxy groups -OCH3 is 1. The van der Waals surface area contributed by atoms with E-state index in [0.29, 0.717) is 17.0 Å². The average molecular weight is 289 g/mol. The molecule has 110 valence electrons. The molecule has 5 heteroatoms. The van der Waals surface area contributed by atoms with E-state index in [0.717, 1.165) is 0 Å². The number of carboxylic acid groups (broad SMARTS) is 1. The third kappa shape index (κ3) is 3.13. The molecule has 0 aliphatic rings. The highest BCUT2D eigenvalue weighted by Crippen LogP contribution is 2.28. The number of hydrogen-bond donors (Lipinski definition) is 2. The molecular weight excluding hydrogens is 273 g/mol. The molecule has 0 aliphatic heterocycles. The fourth-order valence-corrected chi connectivity index (χ4v) is 2.00. The molecule has 2 aromatic carbocycles. The first-order valence-corrected chi connectivity index (χ1v) is 6.37. The zero-order chi connectivity index (χ0) is 15.5. The smallest absolute Gasteiger partial charge is 0.333 e. The van der Waals surface area contributed by atoms with Gasteiger partial charge in [-0.15, -0.1) is 0 Å². The predicted octanol–water partition coefficient (Wildman–Crippen LogP) is 3.25. The summed E-state index contributed by atoms with van der Waals surface area (Å²) in [4.78, 5) is 11.7. The minimum Gasteiger partial charge on any atom is -0.497 e. The first kappa shape index (κ1) is 14.8. The average Bonchev–Trinajstić information content (AvgIpc) is 2.49. The molecule has 1 atom stereocenters. The molecule has 0 bridgehead atoms. The van der Waals surface area contributed by atoms with Crippen LogP contribution in [0.15, 0.2) is 48.5 Å². The van der Waals surface area contributed by atoms with E-state index >= 15 is 0 Å². The second kappa shape index (κ2) is 5.83. The van der Waals surface area contributed by atoms with Crippen molar-refractivity contribution in [2.75, 3.05) is 12.4 Å². The van der Waals surface area contributed by atoms with E-state index in [1.54, 1.807) is 38.3 Å². The highest BCUT2D eigenvalue weighted by atomic mass is 19.1. The Hall–Kier alpha value is -2.56. The zero-order valence-electron chi connectivity index (χ0n) is 11.8. The van der Waals surface area contributed by atoms with Gasteiger partial charge in [-0.3, -0.25) is 0 Å². The van der Waals surface area contributed by atoms with Crippen molar-refractivity contribution >= 4 is 11.7 Å². The fraction of sp³-hybridized carbons (Fsp3) is 0.188. The van der Waals surface area contributed by atoms with Gasteiger partial charge < -0.3 is 15.2 Å². The normalized spacial score (nSPS) is 13.3. The Balaban J connectivity index is 2.34. The van der Waals surface area contributed by atoms with Crippen LogP contribution in [0.25, 0.3) is 0 Å². The van der Waals surface area contributed by atoms with Crippen LogP contribution in [0.4, 0.5) is 10.1 Å². The van der Waals surface area contributed by atoms with E-state index in [4.69, 9.17) is 4.74 Å². The molecule has 0 radical (unpaired) electrons. The van der Waals surface area contributed by atoms with Crippen LogP contribution in [-0.2, 0) is 10.3 Å². The summed E-state index contributed by atoms with van der Waals surface area (Å²) in [5, 5.41) is 12.5. The lowest BCUT2D eigenvalue weighted by Crippen LogP contribution is -2.40. The highest BCUT2D eigenvalue weighted by molar-refractivity contribution is 5.84. The van der Waals surface area contributed by atoms with Gasteiger partial charge in [0.15, 0.2) is 5.54 Å². The summed E-state index contributed by atoms with van der Waals surface area (Å²) in [5.74, 6) is -0.757. The van der Waals surface area contributed by atoms with E-state index in [1.807, 2.05) is 0 Å². The van der Waals surface area contributed by atoms with Gasteiger partial charge in [-0.25, -0.2) is 9.18 Å². The third-order valence-electron chi connectivity index (χ3n) is 3.33. The molecule has 0 aromatic heterocycles. The van der Waals surface area contributed by atoms with Crippen molar-refractivity contribution in [1.82, 2.24) is 0 Å². The Kier molecular flexibility index (Phi) is 4.12. The van der Waals surface area contributed by atoms with Gasteiger partial charge in [-0.05, 0) is 48.9 Å². The van der Waals surface area contributed by atoms with Crippen LogP contribution in [0.3, 0.4) is 0 Å². The molecule has 0 spiro atoms. The van der Waals surface area contributed by atoms with E-state index in [2.05, 4.69) is 5.32 Å². The zero-order valence-corrected chi connectivity index (χ0v) is 11.8. The quantitative estimate of drug-likeness (QED) is 0.887. The van der Waals surface area contributed by atoms with Crippen molar-refractivity contribution in [2.45, 2.75) is 12.5 Å². The molecule has 0 saturated heterocycles. The summed E-state index contributed by atoms with van der Waals surface area (Å²) in [6, 6.07) is 12.3. The van der Waals surface area contributed by atoms with Crippen LogP contribution in [0, 0.1) is 5.82 Å². The molecule has 2 rings (SSSR count). The lowest BCUT2D eigenvalue weighted by Gasteiger charge is -2.28. The summed E-state index contributed by atoms with van der Waals surface area (Å²) in [6.45, 7) is 1.56. The van der Waals surface area contributed by atoms with Crippen LogP contribution in [0.1, 0.15) is 12.5 Å². The topological polar surface area (TPSA) is 58.6 Å². The standard InChI is InChI=1S/C16H16FNO3/c1-16(15(19)20,11-3-9-14(21-2)10-4-11)18-13-7-5-12(17)6-8-13/h3-10,18H,1-2H3,(H,19,20). The van der Waals surface area contributed by atoms with Gasteiger partial charge in [-0.2, -0.15) is 0 Å². The molecule has 0 saturated carbocycles. The second-order valence-electron chi connectivity index (χ2n) is 4.79. The van der Waals surface area contributed by atoms with E-state index in [-0.39, 0.29) is 5.82 Å². The molecule has 0 heterocycles. The van der Waals surface area contributed by atoms with Crippen molar-refractivity contribution in [3.63, 3.8) is 0 Å². The summed E-state index contributed by atoms with van der Waals surface area (Å²) in [7, 11) is 1.54. The van der Waals surface area contributed by atoms with Gasteiger partial charge >= 0.3 is 5.97 Å². The Bertz CT molecular complexity index is 625. The summed E-state index contributed by atoms with van der Waals surface area (Å²) < 4.78 is 18.0. The van der Waals surface area contributed by atoms with Crippen LogP contribution in [-0.4, -0.2) is 18.2 Å². The van der Waals surface area contributed by atoms with Gasteiger partial charge in [0.2, 0.25) is 0 Å². The first-order valence-electron chi connectivity index (χ1n) is 6.37. The minimum absolute atomic E-state index is 0.373. The fourth-order valence-electron chi connectivity index (χ4n) is 2.00. The van der Waals surface area contributed by atoms with E-state index in [9.17, 15) is 14.3 Å². The number of carboxylic acids is 1. The molecule has 0 amide bonds. The van der Waals surface area contributed by atoms with Gasteiger partial charge in [0, 0.05) is 5.69 Å². The summed E-state index contributed by atoms with van der Waals surface area (Å²) in [6.07, 6.45) is 0. The molecule has 4 nitrogen and oxygen atoms in total. The van der Waals surface area contributed by atoms with Crippen molar-refractivity contribution in [1.29, 1.82) is 0 Å². The molecule has 0 fully saturated rings. The Morgan fingerprint density at radius 1 is 1.14 bits per heavy atom. The third-order valence-corrected chi connectivity index (χ3v) is 3.33. The van der Waals surface area contributed by atoms with E-state index in [1.165, 1.54) is 24.3 Å². The first-order chi connectivity index (χ1) is 9.95. The number of nitrogens with one attached hydrogen (secondary N) is 1. The summed E-state index contributed by atoms with van der Waals surface area (Å²) in [5.41, 5.74) is -0.235. The van der Waals surface area contributed by atoms with Crippen LogP contribution in [0.2, 0.25) is 0 Å². The molecule has 1 unspecified atom stereocenters. The molecule has 21 heavy (non-hydrogen) atoms. The summed E-state index contributed by atoms with van der Waals surface area (Å²) >= 11 is 0. The number of benzene rings is 2. The molecular formula is C16H16FNO3. The van der Waals surface area contributed by atoms with Crippen LogP contribution < -0.4 is 10.1 Å². The maximum absolute atomic E-state index is 12.9. The van der Waals surface area contributed by atoms with Crippen molar-refractivity contribution in [3.8, 4) is 5.75 Å². The molecule has 2 aromatic rings. The maximum Gasteiger partial charge on any atom is 0.333 e. The Morgan fingerprint density at radius 2 is 1.71 bits per heavy atom. The van der Waals surface area contributed by atoms with Crippen LogP contribution >= 0.6 is 0 Å². The number of aliphatic carboxylic acids is 1. The largest absolute Gasteiger partial charge is 0.497 e. The number of carbonyl (C=O) groups is 1. The minimum atomic E-state index is -1.33. The maximum atomic E-state index is 12.9. The van der Waals surface area contributed by atoms with Gasteiger partial charge in [0.05, 0.1) is 7.11 Å². The van der Waals surface area contributed by atoms with Crippen molar-refractivity contribution < 1.29 is 19.0 Å². The van der Waals surface area contributed by atoms with Crippen molar-refractivity contribution in [3.05, 3.63) is 59.9 Å². The lowest BCUT2D eigenvalue weighted by molar-refractivity contribution is -0.142. The van der Waals surface area contributed by atoms with Gasteiger partial charge in [0.1, 0.15) is 11.6 Å². The highest BCUT2D eigenvalue weighted by Gasteiger charge is 2.35. The Labute approximate surface area is 122 Å². The monoisotopic (exact) mass is 289 g/mol.